The second-order valence-electron chi connectivity index (χ2n) is 2.53. The molecule has 0 atom stereocenters. The summed E-state index contributed by atoms with van der Waals surface area (Å²) in [5, 5.41) is 2.47. The molecule has 0 aromatic carbocycles. The molecule has 0 aliphatic heterocycles. The van der Waals surface area contributed by atoms with E-state index in [1.807, 2.05) is 0 Å². The van der Waals surface area contributed by atoms with E-state index in [9.17, 15) is 8.78 Å². The summed E-state index contributed by atoms with van der Waals surface area (Å²) in [4.78, 5) is 7.47. The van der Waals surface area contributed by atoms with Gasteiger partial charge in [-0.05, 0) is 6.92 Å². The third-order valence-corrected chi connectivity index (χ3v) is 1.41. The van der Waals surface area contributed by atoms with E-state index < -0.39 is 13.0 Å². The summed E-state index contributed by atoms with van der Waals surface area (Å²) >= 11 is 0. The molecule has 0 aliphatic carbocycles. The largest absolute Gasteiger partial charge is 0.368 e. The highest BCUT2D eigenvalue weighted by molar-refractivity contribution is 5.44. The van der Waals surface area contributed by atoms with Gasteiger partial charge in [0.05, 0.1) is 6.54 Å². The van der Waals surface area contributed by atoms with Crippen LogP contribution in [0.15, 0.2) is 6.20 Å². The molecule has 0 bridgehead atoms. The highest BCUT2D eigenvalue weighted by atomic mass is 19.3. The number of aryl methyl sites for hydroxylation is 1. The molecule has 0 saturated carbocycles. The number of anilines is 2. The number of halogens is 2. The third kappa shape index (κ3) is 2.81. The first-order chi connectivity index (χ1) is 6.09. The van der Waals surface area contributed by atoms with Crippen LogP contribution in [0.2, 0.25) is 0 Å². The van der Waals surface area contributed by atoms with Gasteiger partial charge in [0, 0.05) is 11.8 Å². The van der Waals surface area contributed by atoms with Crippen molar-refractivity contribution < 1.29 is 8.78 Å². The molecule has 0 amide bonds. The van der Waals surface area contributed by atoms with Gasteiger partial charge in [0.1, 0.15) is 5.82 Å². The molecule has 0 spiro atoms. The summed E-state index contributed by atoms with van der Waals surface area (Å²) in [5.41, 5.74) is 5.97. The van der Waals surface area contributed by atoms with Crippen LogP contribution in [0.1, 0.15) is 5.56 Å². The van der Waals surface area contributed by atoms with Gasteiger partial charge in [-0.3, -0.25) is 0 Å². The first-order valence-electron chi connectivity index (χ1n) is 3.70. The quantitative estimate of drug-likeness (QED) is 0.744. The number of nitrogen functional groups attached to an aromatic ring is 1. The van der Waals surface area contributed by atoms with Crippen molar-refractivity contribution in [2.24, 2.45) is 0 Å². The van der Waals surface area contributed by atoms with Gasteiger partial charge in [-0.2, -0.15) is 4.98 Å². The number of nitrogens with two attached hydrogens (primary N) is 1. The molecule has 3 N–H and O–H groups in total. The summed E-state index contributed by atoms with van der Waals surface area (Å²) in [5.74, 6) is 0.426. The molecule has 6 heteroatoms. The zero-order valence-electron chi connectivity index (χ0n) is 7.09. The van der Waals surface area contributed by atoms with Crippen LogP contribution >= 0.6 is 0 Å². The number of nitrogens with one attached hydrogen (secondary N) is 1. The van der Waals surface area contributed by atoms with Crippen LogP contribution < -0.4 is 11.1 Å². The zero-order valence-corrected chi connectivity index (χ0v) is 7.09. The highest BCUT2D eigenvalue weighted by Crippen LogP contribution is 2.10. The Morgan fingerprint density at radius 2 is 2.31 bits per heavy atom. The van der Waals surface area contributed by atoms with Gasteiger partial charge in [-0.15, -0.1) is 0 Å². The topological polar surface area (TPSA) is 63.8 Å². The first kappa shape index (κ1) is 9.63. The molecule has 4 nitrogen and oxygen atoms in total. The molecule has 13 heavy (non-hydrogen) atoms. The van der Waals surface area contributed by atoms with Crippen molar-refractivity contribution in [3.63, 3.8) is 0 Å². The van der Waals surface area contributed by atoms with Gasteiger partial charge in [0.25, 0.3) is 6.43 Å². The fraction of sp³-hybridized carbons (Fsp3) is 0.429. The van der Waals surface area contributed by atoms with Crippen LogP contribution in [0.25, 0.3) is 0 Å². The first-order valence-corrected chi connectivity index (χ1v) is 3.70. The smallest absolute Gasteiger partial charge is 0.255 e. The maximum absolute atomic E-state index is 11.8. The molecule has 0 fully saturated rings. The lowest BCUT2D eigenvalue weighted by atomic mass is 10.3. The van der Waals surface area contributed by atoms with Crippen molar-refractivity contribution in [3.05, 3.63) is 11.8 Å². The molecular formula is C7H10F2N4. The Kier molecular flexibility index (Phi) is 2.94. The van der Waals surface area contributed by atoms with Crippen LogP contribution in [0, 0.1) is 6.92 Å². The Bertz CT molecular complexity index is 290. The van der Waals surface area contributed by atoms with Crippen molar-refractivity contribution in [2.75, 3.05) is 17.6 Å². The summed E-state index contributed by atoms with van der Waals surface area (Å²) in [6.45, 7) is 1.28. The molecule has 1 heterocycles. The van der Waals surface area contributed by atoms with Gasteiger partial charge in [0.2, 0.25) is 5.95 Å². The van der Waals surface area contributed by atoms with Gasteiger partial charge in [0.15, 0.2) is 0 Å². The third-order valence-electron chi connectivity index (χ3n) is 1.41. The van der Waals surface area contributed by atoms with Crippen LogP contribution in [-0.2, 0) is 0 Å². The van der Waals surface area contributed by atoms with Crippen molar-refractivity contribution in [1.82, 2.24) is 9.97 Å². The van der Waals surface area contributed by atoms with E-state index in [0.717, 1.165) is 0 Å². The Balaban J connectivity index is 2.70. The highest BCUT2D eigenvalue weighted by Gasteiger charge is 2.05. The minimum atomic E-state index is -2.41. The SMILES string of the molecule is Cc1cnc(N)nc1NCC(F)F. The Morgan fingerprint density at radius 3 is 2.92 bits per heavy atom. The second-order valence-corrected chi connectivity index (χ2v) is 2.53. The molecule has 1 rings (SSSR count). The van der Waals surface area contributed by atoms with Gasteiger partial charge >= 0.3 is 0 Å². The average Bonchev–Trinajstić information content (AvgIpc) is 2.06. The molecule has 0 saturated heterocycles. The number of nitrogens with zero attached hydrogens (tertiary/aromatic N) is 2. The number of rotatable bonds is 3. The summed E-state index contributed by atoms with van der Waals surface area (Å²) in [6, 6.07) is 0. The number of aromatic nitrogens is 2. The van der Waals surface area contributed by atoms with Crippen molar-refractivity contribution >= 4 is 11.8 Å². The Hall–Kier alpha value is -1.46. The predicted molar refractivity (Wildman–Crippen MR) is 45.7 cm³/mol. The molecule has 0 aliphatic rings. The molecule has 0 radical (unpaired) electrons. The molecular weight excluding hydrogens is 178 g/mol. The minimum Gasteiger partial charge on any atom is -0.368 e. The van der Waals surface area contributed by atoms with Crippen molar-refractivity contribution in [2.45, 2.75) is 13.3 Å². The van der Waals surface area contributed by atoms with Gasteiger partial charge in [-0.25, -0.2) is 13.8 Å². The Morgan fingerprint density at radius 1 is 1.62 bits per heavy atom. The fourth-order valence-electron chi connectivity index (χ4n) is 0.808. The monoisotopic (exact) mass is 188 g/mol. The van der Waals surface area contributed by atoms with Crippen molar-refractivity contribution in [3.8, 4) is 0 Å². The molecule has 0 unspecified atom stereocenters. The van der Waals surface area contributed by atoms with Crippen LogP contribution in [0.5, 0.6) is 0 Å². The standard InChI is InChI=1S/C7H10F2N4/c1-4-2-12-7(10)13-6(4)11-3-5(8)9/h2,5H,3H2,1H3,(H3,10,11,12,13). The van der Waals surface area contributed by atoms with Crippen molar-refractivity contribution in [1.29, 1.82) is 0 Å². The predicted octanol–water partition coefficient (Wildman–Crippen LogP) is 1.04. The summed E-state index contributed by atoms with van der Waals surface area (Å²) in [7, 11) is 0. The van der Waals surface area contributed by atoms with E-state index in [1.54, 1.807) is 6.92 Å². The van der Waals surface area contributed by atoms with Crippen LogP contribution in [-0.4, -0.2) is 22.9 Å². The maximum Gasteiger partial charge on any atom is 0.255 e. The lowest BCUT2D eigenvalue weighted by Gasteiger charge is -2.07. The van der Waals surface area contributed by atoms with E-state index in [-0.39, 0.29) is 5.95 Å². The van der Waals surface area contributed by atoms with Gasteiger partial charge < -0.3 is 11.1 Å². The fourth-order valence-corrected chi connectivity index (χ4v) is 0.808. The number of hydrogen-bond donors (Lipinski definition) is 2. The zero-order chi connectivity index (χ0) is 9.84. The van der Waals surface area contributed by atoms with E-state index in [2.05, 4.69) is 15.3 Å². The molecule has 72 valence electrons. The lowest BCUT2D eigenvalue weighted by Crippen LogP contribution is -2.13. The average molecular weight is 188 g/mol. The van der Waals surface area contributed by atoms with E-state index in [0.29, 0.717) is 11.4 Å². The van der Waals surface area contributed by atoms with E-state index >= 15 is 0 Å². The minimum absolute atomic E-state index is 0.0716. The molecule has 1 aromatic heterocycles. The van der Waals surface area contributed by atoms with Gasteiger partial charge in [-0.1, -0.05) is 0 Å². The lowest BCUT2D eigenvalue weighted by molar-refractivity contribution is 0.163. The normalized spacial score (nSPS) is 10.5. The van der Waals surface area contributed by atoms with Crippen LogP contribution in [0.3, 0.4) is 0 Å². The van der Waals surface area contributed by atoms with E-state index in [4.69, 9.17) is 5.73 Å². The summed E-state index contributed by atoms with van der Waals surface area (Å²) < 4.78 is 23.6. The number of alkyl halides is 2. The maximum atomic E-state index is 11.8. The van der Waals surface area contributed by atoms with Crippen LogP contribution in [0.4, 0.5) is 20.5 Å². The van der Waals surface area contributed by atoms with E-state index in [1.165, 1.54) is 6.20 Å². The number of hydrogen-bond acceptors (Lipinski definition) is 4. The summed E-state index contributed by atoms with van der Waals surface area (Å²) in [6.07, 6.45) is -0.925. The molecule has 1 aromatic rings. The second kappa shape index (κ2) is 3.97. The Labute approximate surface area is 74.2 Å².